The van der Waals surface area contributed by atoms with Crippen LogP contribution in [0.5, 0.6) is 0 Å². The average molecular weight is 688 g/mol. The van der Waals surface area contributed by atoms with Crippen molar-refractivity contribution in [2.75, 3.05) is 58.8 Å². The van der Waals surface area contributed by atoms with E-state index in [-0.39, 0.29) is 52.5 Å². The Morgan fingerprint density at radius 3 is 2.29 bits per heavy atom. The minimum atomic E-state index is -4.44. The quantitative estimate of drug-likeness (QED) is 0.175. The first-order chi connectivity index (χ1) is 22.7. The van der Waals surface area contributed by atoms with Gasteiger partial charge in [-0.3, -0.25) is 4.79 Å². The molecule has 1 unspecified atom stereocenters. The van der Waals surface area contributed by atoms with Crippen LogP contribution in [0.3, 0.4) is 0 Å². The second kappa shape index (κ2) is 15.6. The summed E-state index contributed by atoms with van der Waals surface area (Å²) in [6.45, 7) is 4.37. The van der Waals surface area contributed by atoms with Gasteiger partial charge < -0.3 is 29.7 Å². The van der Waals surface area contributed by atoms with Crippen LogP contribution in [-0.2, 0) is 30.5 Å². The Morgan fingerprint density at radius 1 is 0.938 bits per heavy atom. The highest BCUT2D eigenvalue weighted by Crippen LogP contribution is 2.31. The van der Waals surface area contributed by atoms with Gasteiger partial charge in [-0.25, -0.2) is 22.0 Å². The number of fused-ring (bicyclic) bond motifs is 1. The van der Waals surface area contributed by atoms with Crippen LogP contribution in [0.2, 0.25) is 0 Å². The molecule has 0 bridgehead atoms. The molecule has 3 aromatic carbocycles. The van der Waals surface area contributed by atoms with Crippen LogP contribution in [0.15, 0.2) is 64.4 Å². The molecule has 258 valence electrons. The molecule has 1 amide bonds. The number of carbonyl (C=O) groups excluding carboxylic acids is 2. The maximum Gasteiger partial charge on any atom is 0.435 e. The lowest BCUT2D eigenvalue weighted by Crippen LogP contribution is -2.27. The fourth-order valence-corrected chi connectivity index (χ4v) is 6.21. The highest BCUT2D eigenvalue weighted by molar-refractivity contribution is 7.91. The Morgan fingerprint density at radius 2 is 1.65 bits per heavy atom. The van der Waals surface area contributed by atoms with Gasteiger partial charge in [0.05, 0.1) is 34.1 Å². The number of likely N-dealkylation sites (N-methyl/N-ethyl adjacent to an activating group) is 1. The van der Waals surface area contributed by atoms with Gasteiger partial charge in [-0.2, -0.15) is 4.68 Å². The van der Waals surface area contributed by atoms with Gasteiger partial charge >= 0.3 is 6.09 Å². The average Bonchev–Trinajstić information content (AvgIpc) is 3.38. The minimum Gasteiger partial charge on any atom is -0.445 e. The first-order valence-corrected chi connectivity index (χ1v) is 16.5. The van der Waals surface area contributed by atoms with Crippen molar-refractivity contribution < 1.29 is 41.0 Å². The Balaban J connectivity index is 1.79. The first kappa shape index (κ1) is 36.4. The summed E-state index contributed by atoms with van der Waals surface area (Å²) in [6, 6.07) is 11.0. The second-order valence-corrected chi connectivity index (χ2v) is 13.5. The molecule has 0 radical (unpaired) electrons. The summed E-state index contributed by atoms with van der Waals surface area (Å²) in [6.07, 6.45) is -0.190. The molecular weight excluding hydrogens is 648 g/mol. The lowest BCUT2D eigenvalue weighted by atomic mass is 10.0. The number of halogens is 2. The Bertz CT molecular complexity index is 1880. The van der Waals surface area contributed by atoms with Crippen molar-refractivity contribution in [2.24, 2.45) is 0 Å². The van der Waals surface area contributed by atoms with E-state index in [4.69, 9.17) is 14.2 Å². The van der Waals surface area contributed by atoms with Gasteiger partial charge in [-0.05, 0) is 82.4 Å². The number of amides is 1. The van der Waals surface area contributed by atoms with Crippen molar-refractivity contribution in [3.05, 3.63) is 77.4 Å². The lowest BCUT2D eigenvalue weighted by Gasteiger charge is -2.22. The van der Waals surface area contributed by atoms with Gasteiger partial charge in [0.25, 0.3) is 5.91 Å². The van der Waals surface area contributed by atoms with Gasteiger partial charge in [0, 0.05) is 43.4 Å². The number of nitrogens with one attached hydrogen (secondary N) is 2. The zero-order valence-electron chi connectivity index (χ0n) is 27.5. The lowest BCUT2D eigenvalue weighted by molar-refractivity contribution is 0.0980. The van der Waals surface area contributed by atoms with Crippen LogP contribution in [0.4, 0.5) is 25.1 Å². The molecule has 0 aliphatic rings. The largest absolute Gasteiger partial charge is 0.445 e. The fraction of sp³-hybridized carbons (Fsp3) is 0.364. The third-order valence-electron chi connectivity index (χ3n) is 7.59. The van der Waals surface area contributed by atoms with Crippen LogP contribution in [0, 0.1) is 11.6 Å². The smallest absolute Gasteiger partial charge is 0.435 e. The number of hydrogen-bond donors (Lipinski definition) is 2. The standard InChI is InChI=1S/C33H39F2N5O7S/c1-20(19-46-6)36-29-14-22(13-21(2)39(3)4)7-9-27(29)32(41)37-31-28-18-25(48(43,44)26-16-23(34)15-24(35)17-26)8-10-30(28)40(38-31)33(42)47-12-11-45-5/h7-10,14-18,20-21,36H,11-13,19H2,1-6H3,(H,37,38,41)/t20?,21-/m1/s1. The minimum absolute atomic E-state index is 0.0590. The second-order valence-electron chi connectivity index (χ2n) is 11.5. The van der Waals surface area contributed by atoms with E-state index in [0.717, 1.165) is 16.7 Å². The molecule has 0 saturated heterocycles. The number of benzene rings is 3. The van der Waals surface area contributed by atoms with Gasteiger partial charge in [-0.15, -0.1) is 5.10 Å². The molecule has 0 aliphatic carbocycles. The summed E-state index contributed by atoms with van der Waals surface area (Å²) >= 11 is 0. The van der Waals surface area contributed by atoms with E-state index in [1.807, 2.05) is 33.2 Å². The van der Waals surface area contributed by atoms with E-state index in [0.29, 0.717) is 30.5 Å². The summed E-state index contributed by atoms with van der Waals surface area (Å²) in [5.74, 6) is -2.89. The fourth-order valence-electron chi connectivity index (χ4n) is 4.88. The highest BCUT2D eigenvalue weighted by atomic mass is 32.2. The van der Waals surface area contributed by atoms with Crippen LogP contribution in [-0.4, -0.2) is 95.3 Å². The van der Waals surface area contributed by atoms with Gasteiger partial charge in [-0.1, -0.05) is 6.07 Å². The zero-order chi connectivity index (χ0) is 35.2. The van der Waals surface area contributed by atoms with E-state index in [2.05, 4.69) is 27.6 Å². The highest BCUT2D eigenvalue weighted by Gasteiger charge is 2.25. The SMILES string of the molecule is COCCOC(=O)n1nc(NC(=O)c2ccc(C[C@@H](C)N(C)C)cc2NC(C)COC)c2cc(S(=O)(=O)c3cc(F)cc(F)c3)ccc21. The van der Waals surface area contributed by atoms with Crippen LogP contribution in [0.1, 0.15) is 29.8 Å². The molecule has 0 fully saturated rings. The predicted molar refractivity (Wildman–Crippen MR) is 176 cm³/mol. The molecule has 1 aromatic heterocycles. The van der Waals surface area contributed by atoms with Crippen LogP contribution < -0.4 is 10.6 Å². The van der Waals surface area contributed by atoms with Crippen molar-refractivity contribution in [2.45, 2.75) is 42.1 Å². The Kier molecular flexibility index (Phi) is 11.9. The number of hydrogen-bond acceptors (Lipinski definition) is 10. The molecule has 0 spiro atoms. The third-order valence-corrected chi connectivity index (χ3v) is 9.32. The number of nitrogens with zero attached hydrogens (tertiary/aromatic N) is 3. The van der Waals surface area contributed by atoms with E-state index in [9.17, 15) is 26.8 Å². The van der Waals surface area contributed by atoms with Crippen molar-refractivity contribution in [3.8, 4) is 0 Å². The molecule has 0 saturated carbocycles. The summed E-state index contributed by atoms with van der Waals surface area (Å²) in [4.78, 5) is 28.0. The normalized spacial score (nSPS) is 13.0. The van der Waals surface area contributed by atoms with Crippen molar-refractivity contribution >= 4 is 44.2 Å². The summed E-state index contributed by atoms with van der Waals surface area (Å²) in [5.41, 5.74) is 1.87. The van der Waals surface area contributed by atoms with E-state index in [1.165, 1.54) is 25.3 Å². The molecule has 48 heavy (non-hydrogen) atoms. The van der Waals surface area contributed by atoms with Crippen LogP contribution in [0.25, 0.3) is 10.9 Å². The number of anilines is 2. The van der Waals surface area contributed by atoms with Crippen molar-refractivity contribution in [1.29, 1.82) is 0 Å². The predicted octanol–water partition coefficient (Wildman–Crippen LogP) is 4.97. The maximum absolute atomic E-state index is 14.0. The van der Waals surface area contributed by atoms with Gasteiger partial charge in [0.2, 0.25) is 9.84 Å². The monoisotopic (exact) mass is 687 g/mol. The van der Waals surface area contributed by atoms with E-state index in [1.54, 1.807) is 13.2 Å². The molecule has 4 rings (SSSR count). The Labute approximate surface area is 277 Å². The Hall–Kier alpha value is -4.44. The number of aromatic nitrogens is 2. The molecule has 12 nitrogen and oxygen atoms in total. The molecule has 0 aliphatic heterocycles. The van der Waals surface area contributed by atoms with Crippen molar-refractivity contribution in [3.63, 3.8) is 0 Å². The van der Waals surface area contributed by atoms with E-state index >= 15 is 0 Å². The molecule has 2 N–H and O–H groups in total. The molecule has 1 heterocycles. The molecule has 2 atom stereocenters. The molecule has 15 heteroatoms. The maximum atomic E-state index is 14.0. The number of rotatable bonds is 14. The molecule has 4 aromatic rings. The summed E-state index contributed by atoms with van der Waals surface area (Å²) in [7, 11) is 2.54. The molecular formula is C33H39F2N5O7S. The number of ether oxygens (including phenoxy) is 3. The van der Waals surface area contributed by atoms with Gasteiger partial charge in [0.1, 0.15) is 18.2 Å². The first-order valence-electron chi connectivity index (χ1n) is 15.0. The van der Waals surface area contributed by atoms with Crippen LogP contribution >= 0.6 is 0 Å². The third kappa shape index (κ3) is 8.52. The topological polar surface area (TPSA) is 141 Å². The number of sulfone groups is 1. The summed E-state index contributed by atoms with van der Waals surface area (Å²) < 4.78 is 71.1. The van der Waals surface area contributed by atoms with Crippen molar-refractivity contribution in [1.82, 2.24) is 14.7 Å². The van der Waals surface area contributed by atoms with E-state index < -0.39 is 38.4 Å². The summed E-state index contributed by atoms with van der Waals surface area (Å²) in [5, 5.41) is 10.3. The zero-order valence-corrected chi connectivity index (χ0v) is 28.4. The number of carbonyl (C=O) groups is 2. The number of methoxy groups -OCH3 is 2. The van der Waals surface area contributed by atoms with Gasteiger partial charge in [0.15, 0.2) is 5.82 Å².